The number of aryl methyl sites for hydroxylation is 2. The monoisotopic (exact) mass is 349 g/mol. The van der Waals surface area contributed by atoms with Crippen LogP contribution >= 0.6 is 23.2 Å². The van der Waals surface area contributed by atoms with Crippen molar-refractivity contribution in [2.24, 2.45) is 0 Å². The Balaban J connectivity index is 1.95. The van der Waals surface area contributed by atoms with Gasteiger partial charge in [0.05, 0.1) is 10.7 Å². The number of carbonyl (C=O) groups is 2. The van der Waals surface area contributed by atoms with Crippen LogP contribution in [0.1, 0.15) is 34.3 Å². The molecule has 0 atom stereocenters. The molecule has 120 valence electrons. The molecular weight excluding hydrogens is 333 g/mol. The lowest BCUT2D eigenvalue weighted by Crippen LogP contribution is -2.14. The number of ketones is 1. The summed E-state index contributed by atoms with van der Waals surface area (Å²) < 4.78 is 0. The third-order valence-electron chi connectivity index (χ3n) is 3.44. The average molecular weight is 350 g/mol. The van der Waals surface area contributed by atoms with Crippen LogP contribution < -0.4 is 5.32 Å². The van der Waals surface area contributed by atoms with Crippen LogP contribution in [0, 0.1) is 13.8 Å². The molecule has 3 nitrogen and oxygen atoms in total. The van der Waals surface area contributed by atoms with Crippen molar-refractivity contribution in [3.05, 3.63) is 63.1 Å². The average Bonchev–Trinajstić information content (AvgIpc) is 2.49. The molecule has 0 aromatic heterocycles. The SMILES string of the molecule is Cc1cc(C)c(NC(=O)CCC(=O)c2ccc(Cl)cc2)c(Cl)c1. The number of amides is 1. The molecule has 0 saturated heterocycles. The van der Waals surface area contributed by atoms with Crippen LogP contribution in [0.3, 0.4) is 0 Å². The number of hydrogen-bond acceptors (Lipinski definition) is 2. The zero-order valence-corrected chi connectivity index (χ0v) is 14.5. The molecule has 1 N–H and O–H groups in total. The fourth-order valence-corrected chi connectivity index (χ4v) is 2.78. The number of carbonyl (C=O) groups excluding carboxylic acids is 2. The highest BCUT2D eigenvalue weighted by molar-refractivity contribution is 6.34. The van der Waals surface area contributed by atoms with Crippen molar-refractivity contribution in [3.8, 4) is 0 Å². The van der Waals surface area contributed by atoms with Crippen LogP contribution in [-0.4, -0.2) is 11.7 Å². The Morgan fingerprint density at radius 2 is 1.65 bits per heavy atom. The van der Waals surface area contributed by atoms with E-state index in [4.69, 9.17) is 23.2 Å². The Bertz CT molecular complexity index is 716. The van der Waals surface area contributed by atoms with E-state index in [-0.39, 0.29) is 24.5 Å². The van der Waals surface area contributed by atoms with E-state index in [2.05, 4.69) is 5.32 Å². The van der Waals surface area contributed by atoms with Gasteiger partial charge in [0.1, 0.15) is 0 Å². The molecule has 0 bridgehead atoms. The van der Waals surface area contributed by atoms with Crippen LogP contribution in [0.15, 0.2) is 36.4 Å². The molecule has 23 heavy (non-hydrogen) atoms. The Morgan fingerprint density at radius 3 is 2.26 bits per heavy atom. The molecule has 0 aliphatic carbocycles. The van der Waals surface area contributed by atoms with Gasteiger partial charge in [0, 0.05) is 23.4 Å². The summed E-state index contributed by atoms with van der Waals surface area (Å²) in [6.45, 7) is 3.82. The quantitative estimate of drug-likeness (QED) is 0.752. The van der Waals surface area contributed by atoms with Gasteiger partial charge in [-0.3, -0.25) is 9.59 Å². The van der Waals surface area contributed by atoms with E-state index in [0.717, 1.165) is 11.1 Å². The van der Waals surface area contributed by atoms with Crippen molar-refractivity contribution in [3.63, 3.8) is 0 Å². The number of hydrogen-bond donors (Lipinski definition) is 1. The molecule has 2 aromatic carbocycles. The number of anilines is 1. The largest absolute Gasteiger partial charge is 0.325 e. The third kappa shape index (κ3) is 4.81. The third-order valence-corrected chi connectivity index (χ3v) is 3.99. The molecule has 2 rings (SSSR count). The summed E-state index contributed by atoms with van der Waals surface area (Å²) in [6, 6.07) is 10.4. The van der Waals surface area contributed by atoms with Gasteiger partial charge in [-0.15, -0.1) is 0 Å². The fraction of sp³-hybridized carbons (Fsp3) is 0.222. The van der Waals surface area contributed by atoms with E-state index in [9.17, 15) is 9.59 Å². The van der Waals surface area contributed by atoms with Crippen molar-refractivity contribution in [1.29, 1.82) is 0 Å². The number of rotatable bonds is 5. The first-order chi connectivity index (χ1) is 10.9. The summed E-state index contributed by atoms with van der Waals surface area (Å²) >= 11 is 11.9. The van der Waals surface area contributed by atoms with Gasteiger partial charge in [-0.05, 0) is 55.3 Å². The molecule has 0 unspecified atom stereocenters. The molecule has 1 amide bonds. The van der Waals surface area contributed by atoms with E-state index in [1.165, 1.54) is 0 Å². The molecule has 5 heteroatoms. The second kappa shape index (κ2) is 7.62. The second-order valence-corrected chi connectivity index (χ2v) is 6.26. The Morgan fingerprint density at radius 1 is 1.00 bits per heavy atom. The topological polar surface area (TPSA) is 46.2 Å². The number of benzene rings is 2. The molecule has 0 aliphatic heterocycles. The molecular formula is C18H17Cl2NO2. The van der Waals surface area contributed by atoms with Gasteiger partial charge in [0.15, 0.2) is 5.78 Å². The zero-order valence-electron chi connectivity index (χ0n) is 13.0. The van der Waals surface area contributed by atoms with Crippen LogP contribution in [0.5, 0.6) is 0 Å². The minimum atomic E-state index is -0.235. The lowest BCUT2D eigenvalue weighted by Gasteiger charge is -2.11. The standard InChI is InChI=1S/C18H17Cl2NO2/c1-11-9-12(2)18(15(20)10-11)21-17(23)8-7-16(22)13-3-5-14(19)6-4-13/h3-6,9-10H,7-8H2,1-2H3,(H,21,23). The Hall–Kier alpha value is -1.84. The van der Waals surface area contributed by atoms with Gasteiger partial charge < -0.3 is 5.32 Å². The number of halogens is 2. The molecule has 0 heterocycles. The first kappa shape index (κ1) is 17.5. The highest BCUT2D eigenvalue weighted by atomic mass is 35.5. The van der Waals surface area contributed by atoms with Crippen molar-refractivity contribution < 1.29 is 9.59 Å². The maximum absolute atomic E-state index is 12.0. The van der Waals surface area contributed by atoms with Crippen molar-refractivity contribution in [2.45, 2.75) is 26.7 Å². The first-order valence-corrected chi connectivity index (χ1v) is 7.98. The van der Waals surface area contributed by atoms with Crippen molar-refractivity contribution >= 4 is 40.6 Å². The van der Waals surface area contributed by atoms with Gasteiger partial charge >= 0.3 is 0 Å². The maximum Gasteiger partial charge on any atom is 0.224 e. The summed E-state index contributed by atoms with van der Waals surface area (Å²) in [6.07, 6.45) is 0.237. The lowest BCUT2D eigenvalue weighted by molar-refractivity contribution is -0.116. The second-order valence-electron chi connectivity index (χ2n) is 5.42. The zero-order chi connectivity index (χ0) is 17.0. The Labute approximate surface area is 145 Å². The molecule has 0 radical (unpaired) electrons. The Kier molecular flexibility index (Phi) is 5.80. The van der Waals surface area contributed by atoms with Crippen molar-refractivity contribution in [1.82, 2.24) is 0 Å². The van der Waals surface area contributed by atoms with Crippen LogP contribution in [0.25, 0.3) is 0 Å². The molecule has 0 saturated carbocycles. The van der Waals surface area contributed by atoms with Gasteiger partial charge in [-0.25, -0.2) is 0 Å². The lowest BCUT2D eigenvalue weighted by atomic mass is 10.1. The summed E-state index contributed by atoms with van der Waals surface area (Å²) in [5.41, 5.74) is 3.07. The highest BCUT2D eigenvalue weighted by Crippen LogP contribution is 2.27. The molecule has 0 aliphatic rings. The number of Topliss-reactive ketones (excluding diaryl/α,β-unsaturated/α-hetero) is 1. The van der Waals surface area contributed by atoms with E-state index in [1.54, 1.807) is 30.3 Å². The first-order valence-electron chi connectivity index (χ1n) is 7.22. The van der Waals surface area contributed by atoms with E-state index >= 15 is 0 Å². The summed E-state index contributed by atoms with van der Waals surface area (Å²) in [5.74, 6) is -0.329. The molecule has 0 spiro atoms. The van der Waals surface area contributed by atoms with Crippen LogP contribution in [0.2, 0.25) is 10.0 Å². The predicted octanol–water partition coefficient (Wildman–Crippen LogP) is 5.21. The minimum Gasteiger partial charge on any atom is -0.325 e. The normalized spacial score (nSPS) is 10.4. The molecule has 2 aromatic rings. The summed E-state index contributed by atoms with van der Waals surface area (Å²) in [5, 5.41) is 3.85. The summed E-state index contributed by atoms with van der Waals surface area (Å²) in [7, 11) is 0. The van der Waals surface area contributed by atoms with Crippen LogP contribution in [-0.2, 0) is 4.79 Å². The van der Waals surface area contributed by atoms with Gasteiger partial charge in [0.25, 0.3) is 0 Å². The summed E-state index contributed by atoms with van der Waals surface area (Å²) in [4.78, 5) is 24.1. The van der Waals surface area contributed by atoms with Gasteiger partial charge in [-0.1, -0.05) is 29.3 Å². The van der Waals surface area contributed by atoms with Gasteiger partial charge in [-0.2, -0.15) is 0 Å². The van der Waals surface area contributed by atoms with E-state index in [0.29, 0.717) is 21.3 Å². The predicted molar refractivity (Wildman–Crippen MR) is 94.6 cm³/mol. The van der Waals surface area contributed by atoms with E-state index < -0.39 is 0 Å². The molecule has 0 fully saturated rings. The fourth-order valence-electron chi connectivity index (χ4n) is 2.28. The smallest absolute Gasteiger partial charge is 0.224 e. The highest BCUT2D eigenvalue weighted by Gasteiger charge is 2.12. The maximum atomic E-state index is 12.0. The van der Waals surface area contributed by atoms with Gasteiger partial charge in [0.2, 0.25) is 5.91 Å². The minimum absolute atomic E-state index is 0.0939. The van der Waals surface area contributed by atoms with Crippen molar-refractivity contribution in [2.75, 3.05) is 5.32 Å². The van der Waals surface area contributed by atoms with E-state index in [1.807, 2.05) is 19.9 Å². The van der Waals surface area contributed by atoms with Crippen LogP contribution in [0.4, 0.5) is 5.69 Å². The number of nitrogens with one attached hydrogen (secondary N) is 1.